The molecule has 0 saturated carbocycles. The highest BCUT2D eigenvalue weighted by atomic mass is 32.1. The first-order valence-electron chi connectivity index (χ1n) is 8.23. The van der Waals surface area contributed by atoms with E-state index in [1.807, 2.05) is 47.2 Å². The molecule has 1 aromatic heterocycles. The predicted octanol–water partition coefficient (Wildman–Crippen LogP) is 4.96. The first-order valence-corrected chi connectivity index (χ1v) is 9.17. The molecule has 0 bridgehead atoms. The second-order valence-corrected chi connectivity index (χ2v) is 6.49. The van der Waals surface area contributed by atoms with Crippen molar-refractivity contribution >= 4 is 40.3 Å². The number of amides is 3. The molecule has 3 rings (SSSR count). The van der Waals surface area contributed by atoms with Gasteiger partial charge >= 0.3 is 6.03 Å². The second-order valence-electron chi connectivity index (χ2n) is 5.71. The lowest BCUT2D eigenvalue weighted by Crippen LogP contribution is -2.19. The fourth-order valence-electron chi connectivity index (χ4n) is 2.41. The van der Waals surface area contributed by atoms with Crippen LogP contribution in [0, 0.1) is 0 Å². The predicted molar refractivity (Wildman–Crippen MR) is 107 cm³/mol. The van der Waals surface area contributed by atoms with E-state index in [2.05, 4.69) is 16.0 Å². The Morgan fingerprint density at radius 3 is 2.23 bits per heavy atom. The molecular weight excluding hydrogens is 346 g/mol. The molecule has 0 radical (unpaired) electrons. The van der Waals surface area contributed by atoms with E-state index >= 15 is 0 Å². The van der Waals surface area contributed by atoms with Crippen LogP contribution in [0.15, 0.2) is 71.4 Å². The van der Waals surface area contributed by atoms with Gasteiger partial charge in [-0.05, 0) is 59.1 Å². The summed E-state index contributed by atoms with van der Waals surface area (Å²) in [6.07, 6.45) is 1.13. The van der Waals surface area contributed by atoms with Gasteiger partial charge in [0.2, 0.25) is 5.91 Å². The molecule has 0 aliphatic carbocycles. The van der Waals surface area contributed by atoms with E-state index in [1.54, 1.807) is 35.6 Å². The minimum Gasteiger partial charge on any atom is -0.326 e. The van der Waals surface area contributed by atoms with Crippen LogP contribution in [0.5, 0.6) is 0 Å². The lowest BCUT2D eigenvalue weighted by molar-refractivity contribution is -0.116. The van der Waals surface area contributed by atoms with Crippen molar-refractivity contribution in [3.63, 3.8) is 0 Å². The molecule has 2 aromatic carbocycles. The van der Waals surface area contributed by atoms with E-state index in [0.29, 0.717) is 29.9 Å². The summed E-state index contributed by atoms with van der Waals surface area (Å²) < 4.78 is 0. The van der Waals surface area contributed by atoms with Gasteiger partial charge in [0.15, 0.2) is 0 Å². The number of urea groups is 1. The maximum absolute atomic E-state index is 12.1. The highest BCUT2D eigenvalue weighted by molar-refractivity contribution is 7.07. The van der Waals surface area contributed by atoms with E-state index < -0.39 is 0 Å². The van der Waals surface area contributed by atoms with Crippen molar-refractivity contribution in [2.45, 2.75) is 12.8 Å². The largest absolute Gasteiger partial charge is 0.326 e. The Bertz CT molecular complexity index is 864. The number of para-hydroxylation sites is 1. The van der Waals surface area contributed by atoms with Crippen LogP contribution in [0.1, 0.15) is 12.0 Å². The van der Waals surface area contributed by atoms with Gasteiger partial charge in [0.25, 0.3) is 0 Å². The minimum absolute atomic E-state index is 0.0536. The van der Waals surface area contributed by atoms with E-state index in [-0.39, 0.29) is 11.9 Å². The van der Waals surface area contributed by atoms with Crippen molar-refractivity contribution in [3.05, 3.63) is 77.0 Å². The molecule has 0 atom stereocenters. The lowest BCUT2D eigenvalue weighted by Gasteiger charge is -2.10. The number of carbonyl (C=O) groups excluding carboxylic acids is 2. The first-order chi connectivity index (χ1) is 12.7. The van der Waals surface area contributed by atoms with E-state index in [9.17, 15) is 9.59 Å². The summed E-state index contributed by atoms with van der Waals surface area (Å²) in [7, 11) is 0. The first kappa shape index (κ1) is 17.7. The standard InChI is InChI=1S/C20H19N3O2S/c24-19(10-9-15-11-12-26-14-15)21-17-7-4-8-18(13-17)23-20(25)22-16-5-2-1-3-6-16/h1-8,11-14H,9-10H2,(H,21,24)(H2,22,23,25). The fraction of sp³-hybridized carbons (Fsp3) is 0.100. The van der Waals surface area contributed by atoms with Crippen molar-refractivity contribution in [1.82, 2.24) is 0 Å². The van der Waals surface area contributed by atoms with Gasteiger partial charge < -0.3 is 16.0 Å². The van der Waals surface area contributed by atoms with Crippen LogP contribution in [0.3, 0.4) is 0 Å². The van der Waals surface area contributed by atoms with Crippen LogP contribution in [0.4, 0.5) is 21.9 Å². The Hall–Kier alpha value is -3.12. The minimum atomic E-state index is -0.336. The fourth-order valence-corrected chi connectivity index (χ4v) is 3.11. The van der Waals surface area contributed by atoms with Crippen LogP contribution >= 0.6 is 11.3 Å². The molecule has 0 fully saturated rings. The molecule has 0 saturated heterocycles. The number of rotatable bonds is 6. The maximum atomic E-state index is 12.1. The van der Waals surface area contributed by atoms with E-state index in [1.165, 1.54) is 0 Å². The summed E-state index contributed by atoms with van der Waals surface area (Å²) in [6, 6.07) is 18.0. The molecule has 0 aliphatic rings. The highest BCUT2D eigenvalue weighted by Crippen LogP contribution is 2.17. The summed E-state index contributed by atoms with van der Waals surface area (Å²) in [4.78, 5) is 24.1. The van der Waals surface area contributed by atoms with Gasteiger partial charge in [-0.25, -0.2) is 4.79 Å². The third kappa shape index (κ3) is 5.46. The normalized spacial score (nSPS) is 10.2. The zero-order valence-electron chi connectivity index (χ0n) is 14.1. The molecule has 0 spiro atoms. The average Bonchev–Trinajstić information content (AvgIpc) is 3.14. The lowest BCUT2D eigenvalue weighted by atomic mass is 10.2. The second kappa shape index (κ2) is 8.82. The molecule has 3 aromatic rings. The topological polar surface area (TPSA) is 70.2 Å². The van der Waals surface area contributed by atoms with Gasteiger partial charge in [0.05, 0.1) is 0 Å². The number of hydrogen-bond donors (Lipinski definition) is 3. The number of carbonyl (C=O) groups is 2. The molecule has 3 N–H and O–H groups in total. The SMILES string of the molecule is O=C(CCc1ccsc1)Nc1cccc(NC(=O)Nc2ccccc2)c1. The van der Waals surface area contributed by atoms with Crippen LogP contribution in [-0.2, 0) is 11.2 Å². The third-order valence-electron chi connectivity index (χ3n) is 3.66. The highest BCUT2D eigenvalue weighted by Gasteiger charge is 2.06. The summed E-state index contributed by atoms with van der Waals surface area (Å²) in [5, 5.41) is 12.4. The molecule has 0 aliphatic heterocycles. The number of benzene rings is 2. The zero-order chi connectivity index (χ0) is 18.2. The molecule has 3 amide bonds. The van der Waals surface area contributed by atoms with Gasteiger partial charge in [-0.15, -0.1) is 0 Å². The molecule has 6 heteroatoms. The van der Waals surface area contributed by atoms with Gasteiger partial charge in [-0.3, -0.25) is 4.79 Å². The van der Waals surface area contributed by atoms with Crippen LogP contribution in [-0.4, -0.2) is 11.9 Å². The molecule has 5 nitrogen and oxygen atoms in total. The number of thiophene rings is 1. The number of hydrogen-bond acceptors (Lipinski definition) is 3. The average molecular weight is 365 g/mol. The van der Waals surface area contributed by atoms with Crippen LogP contribution in [0.25, 0.3) is 0 Å². The zero-order valence-corrected chi connectivity index (χ0v) is 14.9. The molecule has 0 unspecified atom stereocenters. The monoisotopic (exact) mass is 365 g/mol. The van der Waals surface area contributed by atoms with Gasteiger partial charge in [-0.2, -0.15) is 11.3 Å². The summed E-state index contributed by atoms with van der Waals surface area (Å²) in [5.74, 6) is -0.0536. The van der Waals surface area contributed by atoms with Crippen molar-refractivity contribution in [1.29, 1.82) is 0 Å². The number of anilines is 3. The Kier molecular flexibility index (Phi) is 6.01. The summed E-state index contributed by atoms with van der Waals surface area (Å²) >= 11 is 1.63. The van der Waals surface area contributed by atoms with Crippen molar-refractivity contribution < 1.29 is 9.59 Å². The molecule has 26 heavy (non-hydrogen) atoms. The summed E-state index contributed by atoms with van der Waals surface area (Å²) in [6.45, 7) is 0. The van der Waals surface area contributed by atoms with Gasteiger partial charge in [0.1, 0.15) is 0 Å². The Morgan fingerprint density at radius 2 is 1.50 bits per heavy atom. The van der Waals surface area contributed by atoms with E-state index in [4.69, 9.17) is 0 Å². The number of aryl methyl sites for hydroxylation is 1. The molecular formula is C20H19N3O2S. The summed E-state index contributed by atoms with van der Waals surface area (Å²) in [5.41, 5.74) is 3.13. The molecule has 132 valence electrons. The maximum Gasteiger partial charge on any atom is 0.323 e. The Labute approximate surface area is 156 Å². The van der Waals surface area contributed by atoms with E-state index in [0.717, 1.165) is 5.56 Å². The Balaban J connectivity index is 1.52. The Morgan fingerprint density at radius 1 is 0.808 bits per heavy atom. The van der Waals surface area contributed by atoms with Crippen LogP contribution < -0.4 is 16.0 Å². The number of nitrogens with one attached hydrogen (secondary N) is 3. The van der Waals surface area contributed by atoms with Crippen molar-refractivity contribution in [2.24, 2.45) is 0 Å². The van der Waals surface area contributed by atoms with Crippen LogP contribution in [0.2, 0.25) is 0 Å². The third-order valence-corrected chi connectivity index (χ3v) is 4.39. The van der Waals surface area contributed by atoms with Gasteiger partial charge in [-0.1, -0.05) is 24.3 Å². The van der Waals surface area contributed by atoms with Crippen molar-refractivity contribution in [2.75, 3.05) is 16.0 Å². The van der Waals surface area contributed by atoms with Gasteiger partial charge in [0, 0.05) is 23.5 Å². The van der Waals surface area contributed by atoms with Crippen molar-refractivity contribution in [3.8, 4) is 0 Å². The molecule has 1 heterocycles. The smallest absolute Gasteiger partial charge is 0.323 e. The quantitative estimate of drug-likeness (QED) is 0.577.